The van der Waals surface area contributed by atoms with E-state index in [0.29, 0.717) is 31.6 Å². The van der Waals surface area contributed by atoms with Crippen molar-refractivity contribution >= 4 is 43.2 Å². The summed E-state index contributed by atoms with van der Waals surface area (Å²) in [7, 11) is -6.98. The van der Waals surface area contributed by atoms with Crippen LogP contribution in [0, 0.1) is 0 Å². The van der Waals surface area contributed by atoms with E-state index < -0.39 is 20.2 Å². The largest absolute Gasteiger partial charge is 0.299 e. The van der Waals surface area contributed by atoms with Gasteiger partial charge in [0.2, 0.25) is 10.0 Å². The van der Waals surface area contributed by atoms with E-state index >= 15 is 0 Å². The molecule has 0 atom stereocenters. The average Bonchev–Trinajstić information content (AvgIpc) is 2.76. The fourth-order valence-electron chi connectivity index (χ4n) is 2.11. The van der Waals surface area contributed by atoms with E-state index in [2.05, 4.69) is 9.44 Å². The van der Waals surface area contributed by atoms with E-state index in [1.165, 1.54) is 22.5 Å². The van der Waals surface area contributed by atoms with E-state index in [9.17, 15) is 16.8 Å². The summed E-state index contributed by atoms with van der Waals surface area (Å²) in [5.41, 5.74) is 0.637. The third kappa shape index (κ3) is 4.03. The van der Waals surface area contributed by atoms with Crippen LogP contribution in [-0.4, -0.2) is 35.7 Å². The molecule has 124 valence electrons. The van der Waals surface area contributed by atoms with Crippen molar-refractivity contribution in [1.29, 1.82) is 0 Å². The highest BCUT2D eigenvalue weighted by molar-refractivity contribution is 7.93. The quantitative estimate of drug-likeness (QED) is 0.797. The molecule has 22 heavy (non-hydrogen) atoms. The van der Waals surface area contributed by atoms with Gasteiger partial charge in [-0.05, 0) is 31.0 Å². The molecule has 2 N–H and O–H groups in total. The summed E-state index contributed by atoms with van der Waals surface area (Å²) in [6, 6.07) is 4.39. The summed E-state index contributed by atoms with van der Waals surface area (Å²) < 4.78 is 53.2. The molecule has 1 aromatic carbocycles. The summed E-state index contributed by atoms with van der Waals surface area (Å²) in [5, 5.41) is 0.182. The molecular weight excluding hydrogens is 350 g/mol. The number of hydrogen-bond donors (Lipinski definition) is 2. The van der Waals surface area contributed by atoms with Gasteiger partial charge in [-0.25, -0.2) is 8.42 Å². The minimum atomic E-state index is -3.66. The van der Waals surface area contributed by atoms with Crippen LogP contribution >= 0.6 is 11.6 Å². The minimum Gasteiger partial charge on any atom is -0.271 e. The topological polar surface area (TPSA) is 95.6 Å². The number of hydrogen-bond acceptors (Lipinski definition) is 4. The molecule has 0 bridgehead atoms. The van der Waals surface area contributed by atoms with E-state index in [4.69, 9.17) is 11.6 Å². The van der Waals surface area contributed by atoms with Crippen molar-refractivity contribution in [1.82, 2.24) is 4.72 Å². The van der Waals surface area contributed by atoms with Gasteiger partial charge in [0.25, 0.3) is 10.2 Å². The molecule has 0 aliphatic carbocycles. The molecule has 0 amide bonds. The number of nitrogens with zero attached hydrogens (tertiary/aromatic N) is 1. The van der Waals surface area contributed by atoms with Crippen LogP contribution in [0.1, 0.15) is 19.8 Å². The number of anilines is 2. The fourth-order valence-corrected chi connectivity index (χ4v) is 5.01. The Kier molecular flexibility index (Phi) is 5.21. The highest BCUT2D eigenvalue weighted by Gasteiger charge is 2.29. The van der Waals surface area contributed by atoms with Gasteiger partial charge in [0.05, 0.1) is 22.2 Å². The predicted molar refractivity (Wildman–Crippen MR) is 88.0 cm³/mol. The first-order valence-corrected chi connectivity index (χ1v) is 10.3. The first kappa shape index (κ1) is 17.3. The molecule has 0 saturated carbocycles. The van der Waals surface area contributed by atoms with Crippen molar-refractivity contribution in [2.75, 3.05) is 27.9 Å². The average molecular weight is 368 g/mol. The lowest BCUT2D eigenvalue weighted by Crippen LogP contribution is -2.30. The van der Waals surface area contributed by atoms with Crippen LogP contribution < -0.4 is 13.7 Å². The number of nitrogens with one attached hydrogen (secondary N) is 2. The van der Waals surface area contributed by atoms with E-state index in [1.54, 1.807) is 0 Å². The van der Waals surface area contributed by atoms with Crippen LogP contribution in [-0.2, 0) is 20.2 Å². The molecule has 0 unspecified atom stereocenters. The maximum absolute atomic E-state index is 11.9. The molecule has 1 fully saturated rings. The van der Waals surface area contributed by atoms with Crippen LogP contribution in [0.4, 0.5) is 11.4 Å². The van der Waals surface area contributed by atoms with Crippen molar-refractivity contribution < 1.29 is 16.8 Å². The zero-order valence-electron chi connectivity index (χ0n) is 12.0. The Morgan fingerprint density at radius 2 is 2.09 bits per heavy atom. The van der Waals surface area contributed by atoms with E-state index in [-0.39, 0.29) is 16.5 Å². The van der Waals surface area contributed by atoms with Crippen molar-refractivity contribution in [2.45, 2.75) is 19.8 Å². The molecular formula is C12H18ClN3O4S2. The predicted octanol–water partition coefficient (Wildman–Crippen LogP) is 1.54. The maximum atomic E-state index is 11.9. The smallest absolute Gasteiger partial charge is 0.271 e. The zero-order valence-corrected chi connectivity index (χ0v) is 14.4. The molecule has 1 aliphatic rings. The van der Waals surface area contributed by atoms with Crippen LogP contribution in [0.25, 0.3) is 0 Å². The van der Waals surface area contributed by atoms with Crippen LogP contribution in [0.15, 0.2) is 18.2 Å². The molecule has 0 aromatic heterocycles. The summed E-state index contributed by atoms with van der Waals surface area (Å²) in [4.78, 5) is 0. The second-order valence-electron chi connectivity index (χ2n) is 4.91. The third-order valence-corrected chi connectivity index (χ3v) is 6.36. The van der Waals surface area contributed by atoms with E-state index in [0.717, 1.165) is 0 Å². The molecule has 0 spiro atoms. The molecule has 1 saturated heterocycles. The standard InChI is InChI=1S/C12H18ClN3O4S2/c1-2-6-14-22(19,20)15-10-4-5-12(11(13)9-10)16-7-3-8-21(16,17)18/h4-5,9,14-15H,2-3,6-8H2,1H3. The molecule has 1 aliphatic heterocycles. The van der Waals surface area contributed by atoms with Gasteiger partial charge in [0, 0.05) is 13.1 Å². The summed E-state index contributed by atoms with van der Waals surface area (Å²) in [5.74, 6) is 0.0959. The second kappa shape index (κ2) is 6.61. The Bertz CT molecular complexity index is 750. The van der Waals surface area contributed by atoms with Gasteiger partial charge in [0.15, 0.2) is 0 Å². The lowest BCUT2D eigenvalue weighted by atomic mass is 10.3. The molecule has 0 radical (unpaired) electrons. The van der Waals surface area contributed by atoms with Gasteiger partial charge in [0.1, 0.15) is 0 Å². The van der Waals surface area contributed by atoms with Crippen LogP contribution in [0.3, 0.4) is 0 Å². The van der Waals surface area contributed by atoms with Gasteiger partial charge < -0.3 is 0 Å². The lowest BCUT2D eigenvalue weighted by molar-refractivity contribution is 0.586. The highest BCUT2D eigenvalue weighted by atomic mass is 35.5. The minimum absolute atomic E-state index is 0.0959. The normalized spacial score (nSPS) is 17.6. The van der Waals surface area contributed by atoms with Crippen LogP contribution in [0.5, 0.6) is 0 Å². The second-order valence-corrected chi connectivity index (χ2v) is 8.83. The summed E-state index contributed by atoms with van der Waals surface area (Å²) in [6.45, 7) is 2.56. The van der Waals surface area contributed by atoms with Gasteiger partial charge >= 0.3 is 0 Å². The molecule has 1 heterocycles. The molecule has 10 heteroatoms. The van der Waals surface area contributed by atoms with Gasteiger partial charge in [-0.1, -0.05) is 18.5 Å². The first-order valence-electron chi connectivity index (χ1n) is 6.82. The first-order chi connectivity index (χ1) is 10.2. The van der Waals surface area contributed by atoms with Gasteiger partial charge in [-0.3, -0.25) is 9.03 Å². The van der Waals surface area contributed by atoms with Crippen molar-refractivity contribution in [3.8, 4) is 0 Å². The highest BCUT2D eigenvalue weighted by Crippen LogP contribution is 2.33. The number of sulfonamides is 1. The Hall–Kier alpha value is -1.03. The SMILES string of the molecule is CCCNS(=O)(=O)Nc1ccc(N2CCCS2(=O)=O)c(Cl)c1. The Morgan fingerprint density at radius 3 is 2.64 bits per heavy atom. The van der Waals surface area contributed by atoms with Crippen molar-refractivity contribution in [3.63, 3.8) is 0 Å². The summed E-state index contributed by atoms with van der Waals surface area (Å²) >= 11 is 6.11. The Balaban J connectivity index is 2.20. The van der Waals surface area contributed by atoms with E-state index in [1.807, 2.05) is 6.92 Å². The zero-order chi connectivity index (χ0) is 16.4. The van der Waals surface area contributed by atoms with Crippen LogP contribution in [0.2, 0.25) is 5.02 Å². The van der Waals surface area contributed by atoms with Crippen molar-refractivity contribution in [2.24, 2.45) is 0 Å². The third-order valence-electron chi connectivity index (χ3n) is 3.11. The molecule has 2 rings (SSSR count). The summed E-state index contributed by atoms with van der Waals surface area (Å²) in [6.07, 6.45) is 1.22. The maximum Gasteiger partial charge on any atom is 0.299 e. The number of rotatable bonds is 6. The Morgan fingerprint density at radius 1 is 1.36 bits per heavy atom. The molecule has 1 aromatic rings. The van der Waals surface area contributed by atoms with Gasteiger partial charge in [-0.15, -0.1) is 0 Å². The van der Waals surface area contributed by atoms with Gasteiger partial charge in [-0.2, -0.15) is 13.1 Å². The molecule has 7 nitrogen and oxygen atoms in total. The Labute approximate surface area is 135 Å². The number of halogens is 1. The lowest BCUT2D eigenvalue weighted by Gasteiger charge is -2.19. The number of benzene rings is 1. The monoisotopic (exact) mass is 367 g/mol. The fraction of sp³-hybridized carbons (Fsp3) is 0.500. The van der Waals surface area contributed by atoms with Crippen molar-refractivity contribution in [3.05, 3.63) is 23.2 Å².